The second-order valence-corrected chi connectivity index (χ2v) is 15.0. The first-order valence-electron chi connectivity index (χ1n) is 19.0. The molecule has 4 N–H and O–H groups in total. The zero-order chi connectivity index (χ0) is 40.3. The summed E-state index contributed by atoms with van der Waals surface area (Å²) in [6.07, 6.45) is 7.23. The molecular formula is C40H58N8O7. The smallest absolute Gasteiger partial charge is 0.339 e. The lowest BCUT2D eigenvalue weighted by Gasteiger charge is -2.37. The molecule has 2 aliphatic rings. The zero-order valence-corrected chi connectivity index (χ0v) is 33.3. The van der Waals surface area contributed by atoms with E-state index in [0.717, 1.165) is 32.2 Å². The quantitative estimate of drug-likeness (QED) is 0.162. The summed E-state index contributed by atoms with van der Waals surface area (Å²) in [6, 6.07) is 15.0. The van der Waals surface area contributed by atoms with Gasteiger partial charge >= 0.3 is 5.97 Å². The Labute approximate surface area is 323 Å². The molecule has 0 aliphatic carbocycles. The van der Waals surface area contributed by atoms with Crippen molar-refractivity contribution in [3.8, 4) is 11.5 Å². The molecule has 2 fully saturated rings. The molecular weight excluding hydrogens is 704 g/mol. The summed E-state index contributed by atoms with van der Waals surface area (Å²) in [5.74, 6) is 0.0403. The number of para-hydroxylation sites is 2. The fourth-order valence-corrected chi connectivity index (χ4v) is 6.21. The second kappa shape index (κ2) is 19.1. The molecule has 4 aromatic rings. The minimum Gasteiger partial charge on any atom is -0.493 e. The number of nitrogens with one attached hydrogen (secondary N) is 1. The molecule has 0 bridgehead atoms. The van der Waals surface area contributed by atoms with Gasteiger partial charge < -0.3 is 35.0 Å². The maximum atomic E-state index is 13.2. The number of aliphatic hydroxyl groups is 2. The van der Waals surface area contributed by atoms with E-state index in [1.807, 2.05) is 43.0 Å². The number of nitrogens with zero attached hydrogens (tertiary/aromatic N) is 7. The van der Waals surface area contributed by atoms with Gasteiger partial charge in [0.15, 0.2) is 0 Å². The Morgan fingerprint density at radius 2 is 1.25 bits per heavy atom. The van der Waals surface area contributed by atoms with Crippen molar-refractivity contribution >= 4 is 11.9 Å². The van der Waals surface area contributed by atoms with Crippen molar-refractivity contribution in [3.63, 3.8) is 0 Å². The maximum Gasteiger partial charge on any atom is 0.339 e. The topological polar surface area (TPSA) is 190 Å². The molecule has 2 saturated heterocycles. The van der Waals surface area contributed by atoms with Crippen LogP contribution in [0.2, 0.25) is 0 Å². The number of hydrogen-bond acceptors (Lipinski definition) is 11. The highest BCUT2D eigenvalue weighted by Gasteiger charge is 2.33. The van der Waals surface area contributed by atoms with E-state index in [9.17, 15) is 19.8 Å². The first-order chi connectivity index (χ1) is 26.0. The van der Waals surface area contributed by atoms with Crippen LogP contribution in [0.25, 0.3) is 0 Å². The minimum absolute atomic E-state index is 0.0134. The third-order valence-corrected chi connectivity index (χ3v) is 9.51. The van der Waals surface area contributed by atoms with Crippen LogP contribution in [0.3, 0.4) is 0 Å². The predicted molar refractivity (Wildman–Crippen MR) is 207 cm³/mol. The van der Waals surface area contributed by atoms with E-state index in [0.29, 0.717) is 60.3 Å². The molecule has 0 unspecified atom stereocenters. The molecule has 2 aromatic heterocycles. The summed E-state index contributed by atoms with van der Waals surface area (Å²) in [6.45, 7) is 17.2. The van der Waals surface area contributed by atoms with Crippen molar-refractivity contribution in [1.82, 2.24) is 40.2 Å². The fourth-order valence-electron chi connectivity index (χ4n) is 6.21. The lowest BCUT2D eigenvalue weighted by atomic mass is 9.98. The van der Waals surface area contributed by atoms with Crippen molar-refractivity contribution in [3.05, 3.63) is 83.4 Å². The summed E-state index contributed by atoms with van der Waals surface area (Å²) in [4.78, 5) is 29.1. The lowest BCUT2D eigenvalue weighted by Crippen LogP contribution is -2.46. The standard InChI is InChI=1S/C20H28N4O3.C11H20N4O.C9H10O3/c1-5-27-17-9-7-6-8-16(17)19(25)23-13-15(11-10-14(23)2)24-21-12-18(22-24)20(3,4)26;1-8-4-5-9(6-12-8)15-13-7-10(14-15)11(2,3)16;1-2-12-8-6-4-3-5-7(8)9(10)11/h6-9,12,14-15,26H,5,10-11,13H2,1-4H3;7-9,12,16H,4-6H2,1-3H3;3-6H,2H2,1H3,(H,10,11)/t14-,15-;8-,9-;/m11./s1. The van der Waals surface area contributed by atoms with Gasteiger partial charge in [0.25, 0.3) is 5.91 Å². The van der Waals surface area contributed by atoms with Crippen LogP contribution in [-0.4, -0.2) is 100 Å². The van der Waals surface area contributed by atoms with Crippen LogP contribution in [0, 0.1) is 0 Å². The van der Waals surface area contributed by atoms with Crippen LogP contribution in [0.15, 0.2) is 60.9 Å². The van der Waals surface area contributed by atoms with E-state index >= 15 is 0 Å². The van der Waals surface area contributed by atoms with Gasteiger partial charge in [-0.15, -0.1) is 0 Å². The van der Waals surface area contributed by atoms with Crippen LogP contribution in [0.4, 0.5) is 0 Å². The van der Waals surface area contributed by atoms with E-state index in [-0.39, 0.29) is 23.6 Å². The molecule has 2 aliphatic heterocycles. The van der Waals surface area contributed by atoms with Gasteiger partial charge in [0.2, 0.25) is 0 Å². The van der Waals surface area contributed by atoms with Crippen molar-refractivity contribution in [2.45, 2.75) is 116 Å². The third kappa shape index (κ3) is 11.8. The largest absolute Gasteiger partial charge is 0.493 e. The van der Waals surface area contributed by atoms with Crippen LogP contribution < -0.4 is 14.8 Å². The number of amides is 1. The Morgan fingerprint density at radius 3 is 1.73 bits per heavy atom. The van der Waals surface area contributed by atoms with E-state index in [1.54, 1.807) is 67.9 Å². The number of likely N-dealkylation sites (tertiary alicyclic amines) is 1. The number of benzene rings is 2. The van der Waals surface area contributed by atoms with E-state index in [1.165, 1.54) is 6.07 Å². The molecule has 4 heterocycles. The van der Waals surface area contributed by atoms with Crippen LogP contribution in [0.1, 0.15) is 125 Å². The van der Waals surface area contributed by atoms with Gasteiger partial charge in [-0.25, -0.2) is 4.79 Å². The molecule has 4 atom stereocenters. The molecule has 15 nitrogen and oxygen atoms in total. The van der Waals surface area contributed by atoms with Crippen LogP contribution in [0.5, 0.6) is 11.5 Å². The Kier molecular flexibility index (Phi) is 14.9. The summed E-state index contributed by atoms with van der Waals surface area (Å²) in [5, 5.41) is 49.4. The van der Waals surface area contributed by atoms with Crippen LogP contribution in [-0.2, 0) is 11.2 Å². The van der Waals surface area contributed by atoms with Crippen molar-refractivity contribution in [2.24, 2.45) is 0 Å². The van der Waals surface area contributed by atoms with Crippen molar-refractivity contribution < 1.29 is 34.4 Å². The minimum atomic E-state index is -1.04. The van der Waals surface area contributed by atoms with Gasteiger partial charge in [0, 0.05) is 25.2 Å². The van der Waals surface area contributed by atoms with Gasteiger partial charge in [-0.2, -0.15) is 30.0 Å². The highest BCUT2D eigenvalue weighted by molar-refractivity contribution is 5.97. The number of carbonyl (C=O) groups excluding carboxylic acids is 1. The average molecular weight is 763 g/mol. The Bertz CT molecular complexity index is 1820. The first-order valence-corrected chi connectivity index (χ1v) is 19.0. The average Bonchev–Trinajstić information content (AvgIpc) is 3.85. The van der Waals surface area contributed by atoms with E-state index in [2.05, 4.69) is 39.6 Å². The Morgan fingerprint density at radius 1 is 0.764 bits per heavy atom. The number of aromatic nitrogens is 6. The highest BCUT2D eigenvalue weighted by Crippen LogP contribution is 2.30. The molecule has 6 rings (SSSR count). The van der Waals surface area contributed by atoms with Gasteiger partial charge in [-0.05, 0) is 105 Å². The summed E-state index contributed by atoms with van der Waals surface area (Å²) >= 11 is 0. The molecule has 15 heteroatoms. The number of carboxylic acid groups (broad SMARTS) is 1. The van der Waals surface area contributed by atoms with Crippen LogP contribution >= 0.6 is 0 Å². The molecule has 0 radical (unpaired) electrons. The monoisotopic (exact) mass is 762 g/mol. The highest BCUT2D eigenvalue weighted by atomic mass is 16.5. The SMILES string of the molecule is CCOc1ccccc1C(=O)N1C[C@H](n2ncc(C(C)(C)O)n2)CC[C@H]1C.CCOc1ccccc1C(=O)O.C[C@@H]1CC[C@@H](n2ncc(C(C)(C)O)n2)CN1. The number of rotatable bonds is 10. The number of piperidine rings is 2. The normalized spacial score (nSPS) is 20.0. The summed E-state index contributed by atoms with van der Waals surface area (Å²) in [7, 11) is 0. The molecule has 0 saturated carbocycles. The number of ether oxygens (including phenoxy) is 2. The number of carbonyl (C=O) groups is 2. The first kappa shape index (κ1) is 42.9. The lowest BCUT2D eigenvalue weighted by molar-refractivity contribution is 0.0529. The molecule has 2 aromatic carbocycles. The molecule has 0 spiro atoms. The maximum absolute atomic E-state index is 13.2. The molecule has 1 amide bonds. The van der Waals surface area contributed by atoms with Gasteiger partial charge in [0.05, 0.1) is 43.3 Å². The van der Waals surface area contributed by atoms with Gasteiger partial charge in [0.1, 0.15) is 39.7 Å². The Balaban J connectivity index is 0.000000203. The predicted octanol–water partition coefficient (Wildman–Crippen LogP) is 5.37. The fraction of sp³-hybridized carbons (Fsp3) is 0.550. The van der Waals surface area contributed by atoms with E-state index in [4.69, 9.17) is 14.6 Å². The molecule has 300 valence electrons. The second-order valence-electron chi connectivity index (χ2n) is 15.0. The number of hydrogen-bond donors (Lipinski definition) is 4. The number of carboxylic acids is 1. The molecule has 55 heavy (non-hydrogen) atoms. The number of aromatic carboxylic acids is 1. The zero-order valence-electron chi connectivity index (χ0n) is 33.3. The third-order valence-electron chi connectivity index (χ3n) is 9.51. The van der Waals surface area contributed by atoms with Gasteiger partial charge in [-0.1, -0.05) is 24.3 Å². The Hall–Kier alpha value is -4.86. The van der Waals surface area contributed by atoms with Crippen molar-refractivity contribution in [2.75, 3.05) is 26.3 Å². The van der Waals surface area contributed by atoms with Gasteiger partial charge in [-0.3, -0.25) is 4.79 Å². The summed E-state index contributed by atoms with van der Waals surface area (Å²) in [5.41, 5.74) is 0.00313. The van der Waals surface area contributed by atoms with Crippen molar-refractivity contribution in [1.29, 1.82) is 0 Å². The van der Waals surface area contributed by atoms with E-state index < -0.39 is 17.2 Å². The summed E-state index contributed by atoms with van der Waals surface area (Å²) < 4.78 is 10.7.